The van der Waals surface area contributed by atoms with Crippen molar-refractivity contribution in [1.29, 1.82) is 0 Å². The first kappa shape index (κ1) is 18.9. The average Bonchev–Trinajstić information content (AvgIpc) is 2.61. The minimum absolute atomic E-state index is 0.149. The van der Waals surface area contributed by atoms with Gasteiger partial charge in [-0.15, -0.1) is 0 Å². The standard InChI is InChI=1S/C19H21N3O4S/c1-27(25,26)22-10-2-3-14-12-15(6-9-17(14)22)19(24)21-16-7-4-13(5-8-16)11-18(20)23/h4-9,12H,2-3,10-11H2,1H3,(H2,20,23)(H,21,24). The fraction of sp³-hybridized carbons (Fsp3) is 0.263. The van der Waals surface area contributed by atoms with E-state index in [1.807, 2.05) is 0 Å². The van der Waals surface area contributed by atoms with E-state index in [1.165, 1.54) is 10.6 Å². The smallest absolute Gasteiger partial charge is 0.255 e. The number of anilines is 2. The summed E-state index contributed by atoms with van der Waals surface area (Å²) in [6.45, 7) is 0.453. The Labute approximate surface area is 158 Å². The minimum atomic E-state index is -3.33. The van der Waals surface area contributed by atoms with E-state index >= 15 is 0 Å². The Hall–Kier alpha value is -2.87. The van der Waals surface area contributed by atoms with Gasteiger partial charge in [-0.25, -0.2) is 8.42 Å². The van der Waals surface area contributed by atoms with E-state index in [-0.39, 0.29) is 12.3 Å². The van der Waals surface area contributed by atoms with Gasteiger partial charge in [-0.3, -0.25) is 13.9 Å². The molecule has 1 heterocycles. The first-order valence-electron chi connectivity index (χ1n) is 8.53. The predicted molar refractivity (Wildman–Crippen MR) is 104 cm³/mol. The van der Waals surface area contributed by atoms with Crippen molar-refractivity contribution >= 4 is 33.2 Å². The number of amides is 2. The zero-order valence-electron chi connectivity index (χ0n) is 14.9. The predicted octanol–water partition coefficient (Wildman–Crippen LogP) is 1.68. The number of benzene rings is 2. The van der Waals surface area contributed by atoms with Crippen LogP contribution in [0.15, 0.2) is 42.5 Å². The van der Waals surface area contributed by atoms with Crippen molar-refractivity contribution in [3.05, 3.63) is 59.2 Å². The summed E-state index contributed by atoms with van der Waals surface area (Å²) in [7, 11) is -3.33. The number of carbonyl (C=O) groups is 2. The van der Waals surface area contributed by atoms with Crippen LogP contribution in [0, 0.1) is 0 Å². The number of fused-ring (bicyclic) bond motifs is 1. The maximum absolute atomic E-state index is 12.5. The molecular formula is C19H21N3O4S. The van der Waals surface area contributed by atoms with Gasteiger partial charge >= 0.3 is 0 Å². The van der Waals surface area contributed by atoms with Crippen molar-refractivity contribution in [3.63, 3.8) is 0 Å². The third-order valence-corrected chi connectivity index (χ3v) is 5.59. The maximum atomic E-state index is 12.5. The Morgan fingerprint density at radius 1 is 1.15 bits per heavy atom. The number of hydrogen-bond acceptors (Lipinski definition) is 4. The van der Waals surface area contributed by atoms with Crippen LogP contribution in [0.1, 0.15) is 27.9 Å². The maximum Gasteiger partial charge on any atom is 0.255 e. The highest BCUT2D eigenvalue weighted by atomic mass is 32.2. The number of sulfonamides is 1. The van der Waals surface area contributed by atoms with Crippen LogP contribution in [-0.2, 0) is 27.7 Å². The van der Waals surface area contributed by atoms with Crippen molar-refractivity contribution in [1.82, 2.24) is 0 Å². The molecule has 2 aromatic rings. The summed E-state index contributed by atoms with van der Waals surface area (Å²) in [4.78, 5) is 23.5. The normalized spacial score (nSPS) is 13.7. The lowest BCUT2D eigenvalue weighted by Gasteiger charge is -2.29. The van der Waals surface area contributed by atoms with Gasteiger partial charge < -0.3 is 11.1 Å². The fourth-order valence-corrected chi connectivity index (χ4v) is 4.15. The molecule has 0 unspecified atom stereocenters. The zero-order chi connectivity index (χ0) is 19.6. The van der Waals surface area contributed by atoms with E-state index < -0.39 is 15.9 Å². The second kappa shape index (κ2) is 7.40. The molecule has 0 radical (unpaired) electrons. The van der Waals surface area contributed by atoms with Gasteiger partial charge in [-0.2, -0.15) is 0 Å². The SMILES string of the molecule is CS(=O)(=O)N1CCCc2cc(C(=O)Nc3ccc(CC(N)=O)cc3)ccc21. The van der Waals surface area contributed by atoms with Gasteiger partial charge in [0, 0.05) is 17.8 Å². The summed E-state index contributed by atoms with van der Waals surface area (Å²) < 4.78 is 25.2. The van der Waals surface area contributed by atoms with Crippen LogP contribution in [-0.4, -0.2) is 33.0 Å². The highest BCUT2D eigenvalue weighted by molar-refractivity contribution is 7.92. The number of carbonyl (C=O) groups excluding carboxylic acids is 2. The molecule has 3 N–H and O–H groups in total. The number of nitrogens with two attached hydrogens (primary N) is 1. The summed E-state index contributed by atoms with van der Waals surface area (Å²) >= 11 is 0. The zero-order valence-corrected chi connectivity index (χ0v) is 15.8. The lowest BCUT2D eigenvalue weighted by Crippen LogP contribution is -2.34. The van der Waals surface area contributed by atoms with Crippen molar-refractivity contribution < 1.29 is 18.0 Å². The molecule has 0 saturated heterocycles. The Balaban J connectivity index is 1.77. The van der Waals surface area contributed by atoms with Crippen LogP contribution in [0.3, 0.4) is 0 Å². The van der Waals surface area contributed by atoms with Gasteiger partial charge in [0.05, 0.1) is 18.4 Å². The van der Waals surface area contributed by atoms with E-state index in [1.54, 1.807) is 42.5 Å². The molecule has 7 nitrogen and oxygen atoms in total. The molecule has 27 heavy (non-hydrogen) atoms. The van der Waals surface area contributed by atoms with Gasteiger partial charge in [0.1, 0.15) is 0 Å². The Kier molecular flexibility index (Phi) is 5.18. The van der Waals surface area contributed by atoms with Gasteiger partial charge in [0.15, 0.2) is 0 Å². The summed E-state index contributed by atoms with van der Waals surface area (Å²) in [5.41, 5.74) is 8.48. The highest BCUT2D eigenvalue weighted by Crippen LogP contribution is 2.30. The van der Waals surface area contributed by atoms with Crippen LogP contribution in [0.25, 0.3) is 0 Å². The van der Waals surface area contributed by atoms with Gasteiger partial charge in [0.2, 0.25) is 15.9 Å². The molecule has 0 aliphatic carbocycles. The minimum Gasteiger partial charge on any atom is -0.369 e. The number of rotatable bonds is 5. The molecule has 1 aliphatic heterocycles. The average molecular weight is 387 g/mol. The van der Waals surface area contributed by atoms with Crippen molar-refractivity contribution in [2.24, 2.45) is 5.73 Å². The fourth-order valence-electron chi connectivity index (χ4n) is 3.16. The number of hydrogen-bond donors (Lipinski definition) is 2. The monoisotopic (exact) mass is 387 g/mol. The molecule has 0 atom stereocenters. The molecule has 0 spiro atoms. The van der Waals surface area contributed by atoms with E-state index in [0.717, 1.165) is 17.5 Å². The van der Waals surface area contributed by atoms with E-state index in [2.05, 4.69) is 5.32 Å². The molecule has 0 fully saturated rings. The number of aryl methyl sites for hydroxylation is 1. The summed E-state index contributed by atoms with van der Waals surface area (Å²) in [6, 6.07) is 11.9. The first-order valence-corrected chi connectivity index (χ1v) is 10.4. The van der Waals surface area contributed by atoms with Gasteiger partial charge in [-0.1, -0.05) is 12.1 Å². The lowest BCUT2D eigenvalue weighted by molar-refractivity contribution is -0.117. The van der Waals surface area contributed by atoms with E-state index in [4.69, 9.17) is 5.73 Å². The lowest BCUT2D eigenvalue weighted by atomic mass is 10.0. The topological polar surface area (TPSA) is 110 Å². The molecule has 2 aromatic carbocycles. The third kappa shape index (κ3) is 4.46. The van der Waals surface area contributed by atoms with Gasteiger partial charge in [-0.05, 0) is 54.3 Å². The highest BCUT2D eigenvalue weighted by Gasteiger charge is 2.24. The van der Waals surface area contributed by atoms with Crippen LogP contribution >= 0.6 is 0 Å². The van der Waals surface area contributed by atoms with E-state index in [9.17, 15) is 18.0 Å². The molecule has 8 heteroatoms. The van der Waals surface area contributed by atoms with E-state index in [0.29, 0.717) is 29.9 Å². The molecule has 0 bridgehead atoms. The molecule has 3 rings (SSSR count). The van der Waals surface area contributed by atoms with Crippen LogP contribution in [0.4, 0.5) is 11.4 Å². The molecule has 2 amide bonds. The van der Waals surface area contributed by atoms with Crippen molar-refractivity contribution in [2.75, 3.05) is 22.4 Å². The largest absolute Gasteiger partial charge is 0.369 e. The quantitative estimate of drug-likeness (QED) is 0.813. The number of nitrogens with zero attached hydrogens (tertiary/aromatic N) is 1. The third-order valence-electron chi connectivity index (χ3n) is 4.41. The Morgan fingerprint density at radius 3 is 2.48 bits per heavy atom. The van der Waals surface area contributed by atoms with Gasteiger partial charge in [0.25, 0.3) is 5.91 Å². The molecular weight excluding hydrogens is 366 g/mol. The molecule has 142 valence electrons. The second-order valence-corrected chi connectivity index (χ2v) is 8.48. The Morgan fingerprint density at radius 2 is 1.85 bits per heavy atom. The summed E-state index contributed by atoms with van der Waals surface area (Å²) in [6.07, 6.45) is 2.78. The molecule has 0 aromatic heterocycles. The first-order chi connectivity index (χ1) is 12.7. The number of primary amides is 1. The van der Waals surface area contributed by atoms with Crippen molar-refractivity contribution in [3.8, 4) is 0 Å². The van der Waals surface area contributed by atoms with Crippen LogP contribution < -0.4 is 15.4 Å². The molecule has 1 aliphatic rings. The van der Waals surface area contributed by atoms with Crippen molar-refractivity contribution in [2.45, 2.75) is 19.3 Å². The Bertz CT molecular complexity index is 985. The van der Waals surface area contributed by atoms with Crippen LogP contribution in [0.2, 0.25) is 0 Å². The summed E-state index contributed by atoms with van der Waals surface area (Å²) in [5.74, 6) is -0.694. The van der Waals surface area contributed by atoms with Crippen LogP contribution in [0.5, 0.6) is 0 Å². The summed E-state index contributed by atoms with van der Waals surface area (Å²) in [5, 5.41) is 2.80. The number of nitrogens with one attached hydrogen (secondary N) is 1. The molecule has 0 saturated carbocycles. The second-order valence-electron chi connectivity index (χ2n) is 6.58.